The summed E-state index contributed by atoms with van der Waals surface area (Å²) in [7, 11) is 0. The van der Waals surface area contributed by atoms with E-state index in [2.05, 4.69) is 4.90 Å². The molecule has 214 valence electrons. The number of hydrogen-bond donors (Lipinski definition) is 0. The SMILES string of the molecule is CCOC(=O)C1=C(c2ccccc2)N=c2s/c(=C/c3cc([N+](=O)[O-])ccc3N3CCOCC3)c(=O)n2[C@H]1c1cccs1. The van der Waals surface area contributed by atoms with Crippen molar-refractivity contribution in [2.45, 2.75) is 13.0 Å². The maximum atomic E-state index is 14.1. The van der Waals surface area contributed by atoms with Crippen LogP contribution in [-0.2, 0) is 14.3 Å². The number of benzene rings is 2. The normalized spacial score (nSPS) is 17.1. The minimum Gasteiger partial charge on any atom is -0.463 e. The number of fused-ring (bicyclic) bond motifs is 1. The molecule has 0 N–H and O–H groups in total. The van der Waals surface area contributed by atoms with Crippen molar-refractivity contribution in [2.75, 3.05) is 37.8 Å². The standard InChI is InChI=1S/C30H26N4O6S2/c1-2-40-29(36)25-26(19-7-4-3-5-8-19)31-30-33(27(25)23-9-6-16-41-23)28(35)24(42-30)18-20-17-21(34(37)38)10-11-22(20)32-12-14-39-15-13-32/h3-11,16-18,27H,2,12-15H2,1H3/b24-18+/t27-/m0/s1. The summed E-state index contributed by atoms with van der Waals surface area (Å²) in [6, 6.07) is 17.0. The molecule has 1 atom stereocenters. The number of carbonyl (C=O) groups is 1. The van der Waals surface area contributed by atoms with Crippen molar-refractivity contribution in [2.24, 2.45) is 4.99 Å². The lowest BCUT2D eigenvalue weighted by Crippen LogP contribution is -2.39. The van der Waals surface area contributed by atoms with Crippen molar-refractivity contribution in [1.29, 1.82) is 0 Å². The summed E-state index contributed by atoms with van der Waals surface area (Å²) in [5.41, 5.74) is 2.38. The molecule has 0 amide bonds. The predicted octanol–water partition coefficient (Wildman–Crippen LogP) is 3.74. The molecule has 2 aliphatic heterocycles. The number of thiazole rings is 1. The van der Waals surface area contributed by atoms with Crippen LogP contribution in [0.1, 0.15) is 29.0 Å². The highest BCUT2D eigenvalue weighted by atomic mass is 32.1. The van der Waals surface area contributed by atoms with Crippen molar-refractivity contribution < 1.29 is 19.2 Å². The van der Waals surface area contributed by atoms with Gasteiger partial charge < -0.3 is 14.4 Å². The number of thiophene rings is 1. The molecule has 0 saturated carbocycles. The molecular formula is C30H26N4O6S2. The first-order valence-corrected chi connectivity index (χ1v) is 15.1. The second kappa shape index (κ2) is 11.8. The Morgan fingerprint density at radius 2 is 1.95 bits per heavy atom. The maximum absolute atomic E-state index is 14.1. The van der Waals surface area contributed by atoms with Crippen LogP contribution in [0.25, 0.3) is 11.8 Å². The lowest BCUT2D eigenvalue weighted by Gasteiger charge is -2.30. The molecule has 1 fully saturated rings. The summed E-state index contributed by atoms with van der Waals surface area (Å²) in [6.45, 7) is 4.24. The van der Waals surface area contributed by atoms with Crippen LogP contribution in [-0.4, -0.2) is 48.4 Å². The molecule has 0 unspecified atom stereocenters. The number of hydrogen-bond acceptors (Lipinski definition) is 10. The van der Waals surface area contributed by atoms with Gasteiger partial charge in [0, 0.05) is 46.9 Å². The van der Waals surface area contributed by atoms with Crippen LogP contribution >= 0.6 is 22.7 Å². The third-order valence-corrected chi connectivity index (χ3v) is 8.95. The van der Waals surface area contributed by atoms with E-state index in [1.54, 1.807) is 19.1 Å². The van der Waals surface area contributed by atoms with Gasteiger partial charge in [-0.1, -0.05) is 47.7 Å². The van der Waals surface area contributed by atoms with Crippen molar-refractivity contribution in [3.63, 3.8) is 0 Å². The molecule has 10 nitrogen and oxygen atoms in total. The molecule has 42 heavy (non-hydrogen) atoms. The van der Waals surface area contributed by atoms with Crippen LogP contribution in [0.3, 0.4) is 0 Å². The number of aromatic nitrogens is 1. The Hall–Kier alpha value is -4.39. The molecular weight excluding hydrogens is 576 g/mol. The van der Waals surface area contributed by atoms with Crippen molar-refractivity contribution >= 4 is 51.8 Å². The third kappa shape index (κ3) is 5.20. The first kappa shape index (κ1) is 27.8. The summed E-state index contributed by atoms with van der Waals surface area (Å²) in [4.78, 5) is 47.0. The number of nitro benzene ring substituents is 1. The molecule has 2 aromatic carbocycles. The zero-order valence-corrected chi connectivity index (χ0v) is 24.2. The molecule has 4 heterocycles. The molecule has 1 saturated heterocycles. The number of morpholine rings is 1. The molecule has 4 aromatic rings. The quantitative estimate of drug-likeness (QED) is 0.180. The third-order valence-electron chi connectivity index (χ3n) is 7.05. The maximum Gasteiger partial charge on any atom is 0.338 e. The summed E-state index contributed by atoms with van der Waals surface area (Å²) in [5.74, 6) is -0.541. The van der Waals surface area contributed by atoms with Gasteiger partial charge in [-0.15, -0.1) is 11.3 Å². The number of non-ortho nitro benzene ring substituents is 1. The molecule has 12 heteroatoms. The van der Waals surface area contributed by atoms with E-state index in [1.165, 1.54) is 39.4 Å². The Morgan fingerprint density at radius 3 is 2.64 bits per heavy atom. The first-order valence-electron chi connectivity index (χ1n) is 13.4. The van der Waals surface area contributed by atoms with E-state index in [0.29, 0.717) is 46.9 Å². The molecule has 0 radical (unpaired) electrons. The molecule has 2 aliphatic rings. The molecule has 0 bridgehead atoms. The number of anilines is 1. The van der Waals surface area contributed by atoms with Gasteiger partial charge in [-0.25, -0.2) is 9.79 Å². The highest BCUT2D eigenvalue weighted by Crippen LogP contribution is 2.37. The highest BCUT2D eigenvalue weighted by molar-refractivity contribution is 7.10. The Morgan fingerprint density at radius 1 is 1.17 bits per heavy atom. The van der Waals surface area contributed by atoms with E-state index in [1.807, 2.05) is 47.8 Å². The minimum atomic E-state index is -0.749. The fourth-order valence-corrected chi connectivity index (χ4v) is 6.98. The zero-order valence-electron chi connectivity index (χ0n) is 22.6. The second-order valence-electron chi connectivity index (χ2n) is 9.55. The van der Waals surface area contributed by atoms with Crippen LogP contribution in [0.4, 0.5) is 11.4 Å². The Bertz CT molecular complexity index is 1860. The van der Waals surface area contributed by atoms with Crippen LogP contribution in [0, 0.1) is 10.1 Å². The molecule has 2 aromatic heterocycles. The fraction of sp³-hybridized carbons (Fsp3) is 0.233. The van der Waals surface area contributed by atoms with E-state index in [0.717, 1.165) is 16.1 Å². The monoisotopic (exact) mass is 602 g/mol. The average molecular weight is 603 g/mol. The minimum absolute atomic E-state index is 0.0709. The van der Waals surface area contributed by atoms with Gasteiger partial charge in [0.1, 0.15) is 6.04 Å². The summed E-state index contributed by atoms with van der Waals surface area (Å²) < 4.78 is 12.9. The van der Waals surface area contributed by atoms with Crippen LogP contribution in [0.2, 0.25) is 0 Å². The number of nitrogens with zero attached hydrogens (tertiary/aromatic N) is 4. The van der Waals surface area contributed by atoms with Gasteiger partial charge in [0.25, 0.3) is 11.2 Å². The lowest BCUT2D eigenvalue weighted by atomic mass is 9.97. The second-order valence-corrected chi connectivity index (χ2v) is 11.5. The van der Waals surface area contributed by atoms with Crippen LogP contribution in [0.5, 0.6) is 0 Å². The lowest BCUT2D eigenvalue weighted by molar-refractivity contribution is -0.384. The van der Waals surface area contributed by atoms with Gasteiger partial charge in [-0.05, 0) is 30.5 Å². The number of ether oxygens (including phenoxy) is 2. The number of rotatable bonds is 7. The van der Waals surface area contributed by atoms with Crippen molar-refractivity contribution in [3.8, 4) is 0 Å². The summed E-state index contributed by atoms with van der Waals surface area (Å²) in [6.07, 6.45) is 1.68. The topological polar surface area (TPSA) is 116 Å². The fourth-order valence-electron chi connectivity index (χ4n) is 5.16. The molecule has 0 aliphatic carbocycles. The molecule has 0 spiro atoms. The van der Waals surface area contributed by atoms with Crippen LogP contribution < -0.4 is 19.8 Å². The van der Waals surface area contributed by atoms with E-state index in [4.69, 9.17) is 14.5 Å². The summed E-state index contributed by atoms with van der Waals surface area (Å²) >= 11 is 2.62. The smallest absolute Gasteiger partial charge is 0.338 e. The number of carbonyl (C=O) groups excluding carboxylic acids is 1. The van der Waals surface area contributed by atoms with Crippen LogP contribution in [0.15, 0.2) is 81.4 Å². The Balaban J connectivity index is 1.60. The van der Waals surface area contributed by atoms with E-state index >= 15 is 0 Å². The zero-order chi connectivity index (χ0) is 29.2. The Kier molecular flexibility index (Phi) is 7.83. The van der Waals surface area contributed by atoms with E-state index in [9.17, 15) is 19.7 Å². The van der Waals surface area contributed by atoms with E-state index < -0.39 is 16.9 Å². The predicted molar refractivity (Wildman–Crippen MR) is 162 cm³/mol. The van der Waals surface area contributed by atoms with Gasteiger partial charge in [0.15, 0.2) is 4.80 Å². The van der Waals surface area contributed by atoms with Crippen molar-refractivity contribution in [3.05, 3.63) is 117 Å². The van der Waals surface area contributed by atoms with Gasteiger partial charge >= 0.3 is 5.97 Å². The highest BCUT2D eigenvalue weighted by Gasteiger charge is 2.35. The summed E-state index contributed by atoms with van der Waals surface area (Å²) in [5, 5.41) is 13.5. The molecule has 6 rings (SSSR count). The van der Waals surface area contributed by atoms with Gasteiger partial charge in [-0.2, -0.15) is 0 Å². The number of nitro groups is 1. The number of esters is 1. The van der Waals surface area contributed by atoms with E-state index in [-0.39, 0.29) is 23.4 Å². The van der Waals surface area contributed by atoms with Gasteiger partial charge in [-0.3, -0.25) is 19.5 Å². The average Bonchev–Trinajstić information content (AvgIpc) is 3.65. The largest absolute Gasteiger partial charge is 0.463 e. The van der Waals surface area contributed by atoms with Gasteiger partial charge in [0.05, 0.1) is 40.5 Å². The Labute approximate surface area is 248 Å². The van der Waals surface area contributed by atoms with Gasteiger partial charge in [0.2, 0.25) is 0 Å². The van der Waals surface area contributed by atoms with Crippen molar-refractivity contribution in [1.82, 2.24) is 4.57 Å². The first-order chi connectivity index (χ1) is 20.5.